The first-order valence-electron chi connectivity index (χ1n) is 5.89. The minimum atomic E-state index is 0.463. The molecule has 0 radical (unpaired) electrons. The normalized spacial score (nSPS) is 10.4. The molecule has 0 heterocycles. The van der Waals surface area contributed by atoms with Crippen molar-refractivity contribution in [3.63, 3.8) is 0 Å². The Kier molecular flexibility index (Phi) is 6.27. The van der Waals surface area contributed by atoms with E-state index in [0.29, 0.717) is 11.6 Å². The van der Waals surface area contributed by atoms with Crippen molar-refractivity contribution >= 4 is 11.6 Å². The van der Waals surface area contributed by atoms with E-state index in [1.54, 1.807) is 0 Å². The van der Waals surface area contributed by atoms with E-state index in [1.165, 1.54) is 19.3 Å². The van der Waals surface area contributed by atoms with E-state index >= 15 is 0 Å². The number of ether oxygens (including phenoxy) is 1. The molecular weight excluding hydrogens is 222 g/mol. The van der Waals surface area contributed by atoms with Crippen molar-refractivity contribution in [2.24, 2.45) is 5.73 Å². The second-order valence-corrected chi connectivity index (χ2v) is 4.30. The molecule has 0 saturated heterocycles. The third-order valence-corrected chi connectivity index (χ3v) is 2.73. The topological polar surface area (TPSA) is 35.2 Å². The third kappa shape index (κ3) is 4.42. The van der Waals surface area contributed by atoms with Crippen LogP contribution in [-0.4, -0.2) is 6.61 Å². The number of benzene rings is 1. The van der Waals surface area contributed by atoms with E-state index < -0.39 is 0 Å². The van der Waals surface area contributed by atoms with Crippen LogP contribution in [0.3, 0.4) is 0 Å². The van der Waals surface area contributed by atoms with Crippen LogP contribution in [0.15, 0.2) is 18.2 Å². The molecule has 0 spiro atoms. The van der Waals surface area contributed by atoms with Crippen LogP contribution in [-0.2, 0) is 6.54 Å². The summed E-state index contributed by atoms with van der Waals surface area (Å²) in [6.07, 6.45) is 4.84. The largest absolute Gasteiger partial charge is 0.493 e. The number of hydrogen-bond donors (Lipinski definition) is 1. The van der Waals surface area contributed by atoms with Gasteiger partial charge in [0.2, 0.25) is 0 Å². The Morgan fingerprint density at radius 2 is 2.06 bits per heavy atom. The zero-order valence-electron chi connectivity index (χ0n) is 9.84. The van der Waals surface area contributed by atoms with Gasteiger partial charge in [-0.1, -0.05) is 37.8 Å². The Morgan fingerprint density at radius 1 is 1.25 bits per heavy atom. The first-order chi connectivity index (χ1) is 7.77. The molecule has 1 aromatic rings. The van der Waals surface area contributed by atoms with Gasteiger partial charge in [0.15, 0.2) is 0 Å². The summed E-state index contributed by atoms with van der Waals surface area (Å²) < 4.78 is 5.69. The lowest BCUT2D eigenvalue weighted by Gasteiger charge is -2.10. The van der Waals surface area contributed by atoms with Gasteiger partial charge in [0, 0.05) is 17.1 Å². The maximum atomic E-state index is 5.89. The Morgan fingerprint density at radius 3 is 2.75 bits per heavy atom. The fraction of sp³-hybridized carbons (Fsp3) is 0.538. The van der Waals surface area contributed by atoms with Gasteiger partial charge >= 0.3 is 0 Å². The molecule has 0 aliphatic carbocycles. The molecule has 0 amide bonds. The predicted octanol–water partition coefficient (Wildman–Crippen LogP) is 3.76. The smallest absolute Gasteiger partial charge is 0.123 e. The van der Waals surface area contributed by atoms with Crippen LogP contribution in [0.25, 0.3) is 0 Å². The first-order valence-corrected chi connectivity index (χ1v) is 6.27. The minimum absolute atomic E-state index is 0.463. The summed E-state index contributed by atoms with van der Waals surface area (Å²) in [4.78, 5) is 0. The van der Waals surface area contributed by atoms with Crippen molar-refractivity contribution in [2.45, 2.75) is 39.2 Å². The molecule has 3 heteroatoms. The van der Waals surface area contributed by atoms with Crippen molar-refractivity contribution in [3.05, 3.63) is 28.8 Å². The summed E-state index contributed by atoms with van der Waals surface area (Å²) >= 11 is 5.89. The molecule has 0 aliphatic rings. The molecule has 0 atom stereocenters. The number of halogens is 1. The highest BCUT2D eigenvalue weighted by atomic mass is 35.5. The lowest BCUT2D eigenvalue weighted by Crippen LogP contribution is -2.03. The molecule has 1 rings (SSSR count). The van der Waals surface area contributed by atoms with Crippen molar-refractivity contribution < 1.29 is 4.74 Å². The van der Waals surface area contributed by atoms with Crippen LogP contribution in [0.4, 0.5) is 0 Å². The van der Waals surface area contributed by atoms with Crippen LogP contribution in [0.1, 0.15) is 38.2 Å². The SMILES string of the molecule is CCCCCCOc1ccc(Cl)cc1CN. The first kappa shape index (κ1) is 13.3. The van der Waals surface area contributed by atoms with Gasteiger partial charge in [0.1, 0.15) is 5.75 Å². The predicted molar refractivity (Wildman–Crippen MR) is 69.0 cm³/mol. The molecule has 16 heavy (non-hydrogen) atoms. The Hall–Kier alpha value is -0.730. The Bertz CT molecular complexity index is 315. The minimum Gasteiger partial charge on any atom is -0.493 e. The summed E-state index contributed by atoms with van der Waals surface area (Å²) in [6, 6.07) is 5.59. The van der Waals surface area contributed by atoms with Crippen LogP contribution in [0.5, 0.6) is 5.75 Å². The number of hydrogen-bond acceptors (Lipinski definition) is 2. The van der Waals surface area contributed by atoms with E-state index in [-0.39, 0.29) is 0 Å². The highest BCUT2D eigenvalue weighted by molar-refractivity contribution is 6.30. The molecule has 0 unspecified atom stereocenters. The molecular formula is C13H20ClNO. The van der Waals surface area contributed by atoms with E-state index in [9.17, 15) is 0 Å². The lowest BCUT2D eigenvalue weighted by atomic mass is 10.2. The molecule has 2 N–H and O–H groups in total. The molecule has 2 nitrogen and oxygen atoms in total. The summed E-state index contributed by atoms with van der Waals surface area (Å²) in [5.74, 6) is 0.864. The summed E-state index contributed by atoms with van der Waals surface area (Å²) in [6.45, 7) is 3.42. The fourth-order valence-corrected chi connectivity index (χ4v) is 1.75. The summed E-state index contributed by atoms with van der Waals surface area (Å²) in [5, 5.41) is 0.707. The van der Waals surface area contributed by atoms with Gasteiger partial charge in [-0.15, -0.1) is 0 Å². The molecule has 0 aromatic heterocycles. The molecule has 0 aliphatic heterocycles. The quantitative estimate of drug-likeness (QED) is 0.738. The Balaban J connectivity index is 2.41. The van der Waals surface area contributed by atoms with E-state index in [1.807, 2.05) is 18.2 Å². The van der Waals surface area contributed by atoms with Crippen LogP contribution >= 0.6 is 11.6 Å². The molecule has 1 aromatic carbocycles. The zero-order valence-corrected chi connectivity index (χ0v) is 10.6. The number of unbranched alkanes of at least 4 members (excludes halogenated alkanes) is 3. The summed E-state index contributed by atoms with van der Waals surface area (Å²) in [5.41, 5.74) is 6.61. The van der Waals surface area contributed by atoms with Gasteiger partial charge in [0.25, 0.3) is 0 Å². The van der Waals surface area contributed by atoms with Gasteiger partial charge in [-0.2, -0.15) is 0 Å². The van der Waals surface area contributed by atoms with Gasteiger partial charge in [-0.05, 0) is 24.6 Å². The Labute approximate surface area is 103 Å². The van der Waals surface area contributed by atoms with Crippen LogP contribution in [0, 0.1) is 0 Å². The second kappa shape index (κ2) is 7.53. The van der Waals surface area contributed by atoms with E-state index in [2.05, 4.69) is 6.92 Å². The molecule has 0 bridgehead atoms. The lowest BCUT2D eigenvalue weighted by molar-refractivity contribution is 0.302. The van der Waals surface area contributed by atoms with Crippen LogP contribution in [0.2, 0.25) is 5.02 Å². The molecule has 0 fully saturated rings. The monoisotopic (exact) mass is 241 g/mol. The maximum Gasteiger partial charge on any atom is 0.123 e. The average Bonchev–Trinajstić information content (AvgIpc) is 2.30. The van der Waals surface area contributed by atoms with Crippen molar-refractivity contribution in [3.8, 4) is 5.75 Å². The second-order valence-electron chi connectivity index (χ2n) is 3.87. The van der Waals surface area contributed by atoms with Gasteiger partial charge in [0.05, 0.1) is 6.61 Å². The zero-order chi connectivity index (χ0) is 11.8. The van der Waals surface area contributed by atoms with E-state index in [4.69, 9.17) is 22.1 Å². The van der Waals surface area contributed by atoms with Crippen molar-refractivity contribution in [2.75, 3.05) is 6.61 Å². The highest BCUT2D eigenvalue weighted by Gasteiger charge is 2.02. The van der Waals surface area contributed by atoms with Crippen molar-refractivity contribution in [1.29, 1.82) is 0 Å². The maximum absolute atomic E-state index is 5.89. The third-order valence-electron chi connectivity index (χ3n) is 2.50. The summed E-state index contributed by atoms with van der Waals surface area (Å²) in [7, 11) is 0. The van der Waals surface area contributed by atoms with Crippen molar-refractivity contribution in [1.82, 2.24) is 0 Å². The number of nitrogens with two attached hydrogens (primary N) is 1. The van der Waals surface area contributed by atoms with Gasteiger partial charge in [-0.25, -0.2) is 0 Å². The molecule has 90 valence electrons. The fourth-order valence-electron chi connectivity index (χ4n) is 1.56. The van der Waals surface area contributed by atoms with Crippen LogP contribution < -0.4 is 10.5 Å². The number of rotatable bonds is 7. The van der Waals surface area contributed by atoms with Gasteiger partial charge in [-0.3, -0.25) is 0 Å². The highest BCUT2D eigenvalue weighted by Crippen LogP contribution is 2.22. The average molecular weight is 242 g/mol. The van der Waals surface area contributed by atoms with E-state index in [0.717, 1.165) is 24.3 Å². The molecule has 0 saturated carbocycles. The standard InChI is InChI=1S/C13H20ClNO/c1-2-3-4-5-8-16-13-7-6-12(14)9-11(13)10-15/h6-7,9H,2-5,8,10,15H2,1H3. The van der Waals surface area contributed by atoms with Gasteiger partial charge < -0.3 is 10.5 Å².